The standard InChI is InChI=1S/C13H16N4O2/c1-17(2)12-6-5-10(8-14-12)16-13(18)15-9-11-4-3-7-19-11/h3-8H,9H2,1-2H3,(H2,15,16,18). The third-order valence-corrected chi connectivity index (χ3v) is 2.47. The summed E-state index contributed by atoms with van der Waals surface area (Å²) in [4.78, 5) is 17.7. The minimum absolute atomic E-state index is 0.296. The average Bonchev–Trinajstić information content (AvgIpc) is 2.90. The number of carbonyl (C=O) groups is 1. The summed E-state index contributed by atoms with van der Waals surface area (Å²) in [5.41, 5.74) is 0.641. The number of urea groups is 1. The molecule has 2 aromatic rings. The highest BCUT2D eigenvalue weighted by molar-refractivity contribution is 5.89. The van der Waals surface area contributed by atoms with E-state index < -0.39 is 0 Å². The molecule has 19 heavy (non-hydrogen) atoms. The fraction of sp³-hybridized carbons (Fsp3) is 0.231. The molecule has 2 rings (SSSR count). The Bertz CT molecular complexity index is 520. The first-order chi connectivity index (χ1) is 9.15. The van der Waals surface area contributed by atoms with Gasteiger partial charge < -0.3 is 20.0 Å². The van der Waals surface area contributed by atoms with Crippen molar-refractivity contribution in [3.05, 3.63) is 42.5 Å². The highest BCUT2D eigenvalue weighted by Crippen LogP contribution is 2.11. The first kappa shape index (κ1) is 12.9. The molecule has 0 aliphatic carbocycles. The van der Waals surface area contributed by atoms with E-state index in [0.29, 0.717) is 18.0 Å². The molecule has 2 N–H and O–H groups in total. The van der Waals surface area contributed by atoms with Crippen LogP contribution in [0.15, 0.2) is 41.1 Å². The molecule has 0 aliphatic heterocycles. The molecule has 0 unspecified atom stereocenters. The molecular weight excluding hydrogens is 244 g/mol. The van der Waals surface area contributed by atoms with Gasteiger partial charge in [0.15, 0.2) is 0 Å². The van der Waals surface area contributed by atoms with Crippen LogP contribution in [0.5, 0.6) is 0 Å². The van der Waals surface area contributed by atoms with Gasteiger partial charge in [0.05, 0.1) is 24.7 Å². The smallest absolute Gasteiger partial charge is 0.319 e. The molecule has 0 spiro atoms. The lowest BCUT2D eigenvalue weighted by atomic mass is 10.4. The van der Waals surface area contributed by atoms with Crippen LogP contribution in [0.4, 0.5) is 16.3 Å². The molecule has 0 aromatic carbocycles. The number of rotatable bonds is 4. The van der Waals surface area contributed by atoms with Gasteiger partial charge in [-0.1, -0.05) is 0 Å². The van der Waals surface area contributed by atoms with Crippen molar-refractivity contribution in [2.24, 2.45) is 0 Å². The van der Waals surface area contributed by atoms with E-state index in [9.17, 15) is 4.79 Å². The molecule has 0 bridgehead atoms. The van der Waals surface area contributed by atoms with Crippen molar-refractivity contribution >= 4 is 17.5 Å². The van der Waals surface area contributed by atoms with E-state index in [1.54, 1.807) is 30.7 Å². The van der Waals surface area contributed by atoms with Gasteiger partial charge in [-0.15, -0.1) is 0 Å². The van der Waals surface area contributed by atoms with Crippen LogP contribution in [0.1, 0.15) is 5.76 Å². The second-order valence-corrected chi connectivity index (χ2v) is 4.19. The molecule has 0 fully saturated rings. The number of nitrogens with zero attached hydrogens (tertiary/aromatic N) is 2. The zero-order chi connectivity index (χ0) is 13.7. The quantitative estimate of drug-likeness (QED) is 0.882. The third-order valence-electron chi connectivity index (χ3n) is 2.47. The van der Waals surface area contributed by atoms with Gasteiger partial charge in [-0.2, -0.15) is 0 Å². The van der Waals surface area contributed by atoms with Crippen molar-refractivity contribution in [3.63, 3.8) is 0 Å². The summed E-state index contributed by atoms with van der Waals surface area (Å²) in [5, 5.41) is 5.39. The fourth-order valence-corrected chi connectivity index (χ4v) is 1.48. The molecule has 0 saturated carbocycles. The van der Waals surface area contributed by atoms with Crippen LogP contribution in [0, 0.1) is 0 Å². The minimum atomic E-state index is -0.296. The highest BCUT2D eigenvalue weighted by Gasteiger charge is 2.04. The Labute approximate surface area is 111 Å². The molecule has 0 aliphatic rings. The largest absolute Gasteiger partial charge is 0.467 e. The van der Waals surface area contributed by atoms with E-state index in [2.05, 4.69) is 15.6 Å². The maximum Gasteiger partial charge on any atom is 0.319 e. The summed E-state index contributed by atoms with van der Waals surface area (Å²) < 4.78 is 5.12. The van der Waals surface area contributed by atoms with Crippen molar-refractivity contribution < 1.29 is 9.21 Å². The topological polar surface area (TPSA) is 70.4 Å². The molecule has 100 valence electrons. The molecule has 6 nitrogen and oxygen atoms in total. The van der Waals surface area contributed by atoms with Crippen LogP contribution in [0.3, 0.4) is 0 Å². The molecule has 2 aromatic heterocycles. The maximum atomic E-state index is 11.6. The number of hydrogen-bond donors (Lipinski definition) is 2. The number of anilines is 2. The Morgan fingerprint density at radius 2 is 2.21 bits per heavy atom. The minimum Gasteiger partial charge on any atom is -0.467 e. The number of pyridine rings is 1. The first-order valence-electron chi connectivity index (χ1n) is 5.86. The Balaban J connectivity index is 1.84. The molecule has 2 heterocycles. The lowest BCUT2D eigenvalue weighted by Crippen LogP contribution is -2.28. The molecule has 0 radical (unpaired) electrons. The molecule has 0 atom stereocenters. The van der Waals surface area contributed by atoms with Crippen molar-refractivity contribution in [2.75, 3.05) is 24.3 Å². The number of amides is 2. The summed E-state index contributed by atoms with van der Waals surface area (Å²) in [6, 6.07) is 6.92. The Kier molecular flexibility index (Phi) is 4.02. The first-order valence-corrected chi connectivity index (χ1v) is 5.86. The summed E-state index contributed by atoms with van der Waals surface area (Å²) in [5.74, 6) is 1.54. The lowest BCUT2D eigenvalue weighted by Gasteiger charge is -2.11. The fourth-order valence-electron chi connectivity index (χ4n) is 1.48. The van der Waals surface area contributed by atoms with Crippen LogP contribution >= 0.6 is 0 Å². The number of furan rings is 1. The number of carbonyl (C=O) groups excluding carboxylic acids is 1. The van der Waals surface area contributed by atoms with E-state index in [-0.39, 0.29) is 6.03 Å². The zero-order valence-corrected chi connectivity index (χ0v) is 10.9. The van der Waals surface area contributed by atoms with Gasteiger partial charge in [0.2, 0.25) is 0 Å². The zero-order valence-electron chi connectivity index (χ0n) is 10.9. The highest BCUT2D eigenvalue weighted by atomic mass is 16.3. The van der Waals surface area contributed by atoms with Crippen LogP contribution in [-0.2, 0) is 6.54 Å². The third kappa shape index (κ3) is 3.74. The maximum absolute atomic E-state index is 11.6. The van der Waals surface area contributed by atoms with Crippen molar-refractivity contribution in [3.8, 4) is 0 Å². The van der Waals surface area contributed by atoms with E-state index >= 15 is 0 Å². The van der Waals surface area contributed by atoms with Gasteiger partial charge in [-0.05, 0) is 24.3 Å². The normalized spacial score (nSPS) is 10.0. The van der Waals surface area contributed by atoms with Gasteiger partial charge in [-0.25, -0.2) is 9.78 Å². The van der Waals surface area contributed by atoms with Gasteiger partial charge in [-0.3, -0.25) is 0 Å². The van der Waals surface area contributed by atoms with Gasteiger partial charge in [0, 0.05) is 14.1 Å². The van der Waals surface area contributed by atoms with Crippen molar-refractivity contribution in [1.82, 2.24) is 10.3 Å². The summed E-state index contributed by atoms with van der Waals surface area (Å²) in [7, 11) is 3.82. The Morgan fingerprint density at radius 3 is 2.79 bits per heavy atom. The monoisotopic (exact) mass is 260 g/mol. The molecule has 2 amide bonds. The lowest BCUT2D eigenvalue weighted by molar-refractivity contribution is 0.251. The predicted molar refractivity (Wildman–Crippen MR) is 73.1 cm³/mol. The van der Waals surface area contributed by atoms with Crippen LogP contribution in [0.2, 0.25) is 0 Å². The number of nitrogens with one attached hydrogen (secondary N) is 2. The average molecular weight is 260 g/mol. The SMILES string of the molecule is CN(C)c1ccc(NC(=O)NCc2ccco2)cn1. The second kappa shape index (κ2) is 5.90. The molecule has 0 saturated heterocycles. The molecular formula is C13H16N4O2. The van der Waals surface area contributed by atoms with Crippen molar-refractivity contribution in [2.45, 2.75) is 6.54 Å². The van der Waals surface area contributed by atoms with E-state index in [4.69, 9.17) is 4.42 Å². The second-order valence-electron chi connectivity index (χ2n) is 4.19. The molecule has 6 heteroatoms. The summed E-state index contributed by atoms with van der Waals surface area (Å²) in [6.07, 6.45) is 3.18. The number of aromatic nitrogens is 1. The van der Waals surface area contributed by atoms with Crippen molar-refractivity contribution in [1.29, 1.82) is 0 Å². The predicted octanol–water partition coefficient (Wildman–Crippen LogP) is 2.06. The van der Waals surface area contributed by atoms with Crippen LogP contribution < -0.4 is 15.5 Å². The van der Waals surface area contributed by atoms with E-state index in [1.165, 1.54) is 0 Å². The van der Waals surface area contributed by atoms with E-state index in [0.717, 1.165) is 5.82 Å². The Morgan fingerprint density at radius 1 is 1.37 bits per heavy atom. The van der Waals surface area contributed by atoms with Gasteiger partial charge >= 0.3 is 6.03 Å². The Hall–Kier alpha value is -2.50. The van der Waals surface area contributed by atoms with Crippen LogP contribution in [0.25, 0.3) is 0 Å². The van der Waals surface area contributed by atoms with Gasteiger partial charge in [0.25, 0.3) is 0 Å². The number of hydrogen-bond acceptors (Lipinski definition) is 4. The van der Waals surface area contributed by atoms with E-state index in [1.807, 2.05) is 25.1 Å². The van der Waals surface area contributed by atoms with Crippen LogP contribution in [-0.4, -0.2) is 25.1 Å². The summed E-state index contributed by atoms with van der Waals surface area (Å²) >= 11 is 0. The summed E-state index contributed by atoms with van der Waals surface area (Å²) in [6.45, 7) is 0.349. The van der Waals surface area contributed by atoms with Gasteiger partial charge in [0.1, 0.15) is 11.6 Å².